The van der Waals surface area contributed by atoms with E-state index in [1.165, 1.54) is 0 Å². The number of amides is 2. The molecule has 0 atom stereocenters. The van der Waals surface area contributed by atoms with E-state index in [9.17, 15) is 27.2 Å². The second kappa shape index (κ2) is 10.7. The molecule has 0 fully saturated rings. The number of carbonyl (C=O) groups is 2. The second-order valence-corrected chi connectivity index (χ2v) is 6.79. The second-order valence-electron chi connectivity index (χ2n) is 6.79. The predicted octanol–water partition coefficient (Wildman–Crippen LogP) is 5.89. The molecule has 156 valence electrons. The molecule has 3 nitrogen and oxygen atoms in total. The molecule has 0 aromatic heterocycles. The summed E-state index contributed by atoms with van der Waals surface area (Å²) in [5.41, 5.74) is -0.406. The Balaban J connectivity index is 2.21. The van der Waals surface area contributed by atoms with Crippen LogP contribution in [0, 0.1) is 23.3 Å². The van der Waals surface area contributed by atoms with Gasteiger partial charge in [0.2, 0.25) is 0 Å². The van der Waals surface area contributed by atoms with Crippen molar-refractivity contribution in [3.63, 3.8) is 0 Å². The highest BCUT2D eigenvalue weighted by Crippen LogP contribution is 2.17. The molecule has 0 unspecified atom stereocenters. The smallest absolute Gasteiger partial charge is 0.260 e. The van der Waals surface area contributed by atoms with E-state index in [2.05, 4.69) is 6.92 Å². The molecule has 2 aromatic rings. The molecule has 0 N–H and O–H groups in total. The lowest BCUT2D eigenvalue weighted by atomic mass is 10.1. The van der Waals surface area contributed by atoms with E-state index in [0.717, 1.165) is 61.3 Å². The molecule has 0 saturated carbocycles. The van der Waals surface area contributed by atoms with Crippen molar-refractivity contribution in [3.8, 4) is 0 Å². The molecule has 2 rings (SSSR count). The molecule has 2 aromatic carbocycles. The lowest BCUT2D eigenvalue weighted by Crippen LogP contribution is -2.38. The van der Waals surface area contributed by atoms with Crippen LogP contribution in [0.5, 0.6) is 0 Å². The number of imide groups is 1. The van der Waals surface area contributed by atoms with Gasteiger partial charge in [0.1, 0.15) is 0 Å². The Kier molecular flexibility index (Phi) is 8.36. The van der Waals surface area contributed by atoms with E-state index < -0.39 is 35.1 Å². The normalized spacial score (nSPS) is 10.8. The average Bonchev–Trinajstić information content (AvgIpc) is 2.70. The Bertz CT molecular complexity index is 806. The zero-order valence-electron chi connectivity index (χ0n) is 16.2. The highest BCUT2D eigenvalue weighted by Gasteiger charge is 2.25. The van der Waals surface area contributed by atoms with Gasteiger partial charge in [-0.3, -0.25) is 14.5 Å². The third kappa shape index (κ3) is 6.14. The molecule has 0 radical (unpaired) electrons. The number of carbonyl (C=O) groups excluding carboxylic acids is 2. The third-order valence-corrected chi connectivity index (χ3v) is 4.56. The first-order valence-electron chi connectivity index (χ1n) is 9.61. The standard InChI is InChI=1S/C22H23F4NO2/c1-2-3-4-5-6-7-12-27(21(28)15-8-10-17(23)19(25)13-15)22(29)16-9-11-18(24)20(26)14-16/h8-11,13-14H,2-7,12H2,1H3. The Labute approximate surface area is 167 Å². The maximum atomic E-state index is 13.5. The number of nitrogens with zero attached hydrogens (tertiary/aromatic N) is 1. The van der Waals surface area contributed by atoms with E-state index >= 15 is 0 Å². The fraction of sp³-hybridized carbons (Fsp3) is 0.364. The third-order valence-electron chi connectivity index (χ3n) is 4.56. The molecular formula is C22H23F4NO2. The summed E-state index contributed by atoms with van der Waals surface area (Å²) < 4.78 is 53.4. The zero-order valence-corrected chi connectivity index (χ0v) is 16.2. The number of hydrogen-bond acceptors (Lipinski definition) is 2. The van der Waals surface area contributed by atoms with Crippen LogP contribution >= 0.6 is 0 Å². The van der Waals surface area contributed by atoms with E-state index in [1.807, 2.05) is 0 Å². The molecule has 0 aliphatic rings. The van der Waals surface area contributed by atoms with E-state index in [1.54, 1.807) is 0 Å². The van der Waals surface area contributed by atoms with Crippen molar-refractivity contribution in [1.29, 1.82) is 0 Å². The van der Waals surface area contributed by atoms with Gasteiger partial charge in [-0.05, 0) is 42.8 Å². The SMILES string of the molecule is CCCCCCCCN(C(=O)c1ccc(F)c(F)c1)C(=O)c1ccc(F)c(F)c1. The summed E-state index contributed by atoms with van der Waals surface area (Å²) in [5, 5.41) is 0. The van der Waals surface area contributed by atoms with Gasteiger partial charge in [-0.25, -0.2) is 17.6 Å². The van der Waals surface area contributed by atoms with Gasteiger partial charge in [-0.1, -0.05) is 39.0 Å². The molecule has 0 bridgehead atoms. The monoisotopic (exact) mass is 409 g/mol. The first-order valence-corrected chi connectivity index (χ1v) is 9.61. The summed E-state index contributed by atoms with van der Waals surface area (Å²) in [6, 6.07) is 5.18. The van der Waals surface area contributed by atoms with Gasteiger partial charge in [-0.2, -0.15) is 0 Å². The minimum Gasteiger partial charge on any atom is -0.274 e. The maximum Gasteiger partial charge on any atom is 0.260 e. The van der Waals surface area contributed by atoms with Gasteiger partial charge >= 0.3 is 0 Å². The minimum absolute atomic E-state index is 0.0295. The van der Waals surface area contributed by atoms with Crippen molar-refractivity contribution < 1.29 is 27.2 Å². The number of hydrogen-bond donors (Lipinski definition) is 0. The first-order chi connectivity index (χ1) is 13.8. The summed E-state index contributed by atoms with van der Waals surface area (Å²) >= 11 is 0. The van der Waals surface area contributed by atoms with E-state index in [-0.39, 0.29) is 17.7 Å². The van der Waals surface area contributed by atoms with Crippen LogP contribution in [0.25, 0.3) is 0 Å². The lowest BCUT2D eigenvalue weighted by Gasteiger charge is -2.21. The Morgan fingerprint density at radius 2 is 1.14 bits per heavy atom. The fourth-order valence-corrected chi connectivity index (χ4v) is 2.92. The van der Waals surface area contributed by atoms with Gasteiger partial charge in [0.05, 0.1) is 0 Å². The van der Waals surface area contributed by atoms with Crippen LogP contribution < -0.4 is 0 Å². The molecule has 29 heavy (non-hydrogen) atoms. The summed E-state index contributed by atoms with van der Waals surface area (Å²) in [6.07, 6.45) is 5.41. The van der Waals surface area contributed by atoms with Crippen molar-refractivity contribution in [3.05, 3.63) is 70.8 Å². The van der Waals surface area contributed by atoms with Gasteiger partial charge in [0.25, 0.3) is 11.8 Å². The fourth-order valence-electron chi connectivity index (χ4n) is 2.92. The quantitative estimate of drug-likeness (QED) is 0.294. The number of halogens is 4. The highest BCUT2D eigenvalue weighted by molar-refractivity contribution is 6.10. The van der Waals surface area contributed by atoms with Crippen LogP contribution in [0.15, 0.2) is 36.4 Å². The van der Waals surface area contributed by atoms with Crippen LogP contribution in [-0.4, -0.2) is 23.3 Å². The molecule has 0 aliphatic heterocycles. The first kappa shape index (κ1) is 22.6. The topological polar surface area (TPSA) is 37.4 Å². The largest absolute Gasteiger partial charge is 0.274 e. The maximum absolute atomic E-state index is 13.5. The van der Waals surface area contributed by atoms with Gasteiger partial charge in [-0.15, -0.1) is 0 Å². The van der Waals surface area contributed by atoms with Crippen molar-refractivity contribution in [1.82, 2.24) is 4.90 Å². The molecule has 7 heteroatoms. The summed E-state index contributed by atoms with van der Waals surface area (Å²) in [4.78, 5) is 26.4. The van der Waals surface area contributed by atoms with Crippen LogP contribution in [0.3, 0.4) is 0 Å². The van der Waals surface area contributed by atoms with Crippen molar-refractivity contribution in [2.75, 3.05) is 6.54 Å². The van der Waals surface area contributed by atoms with Gasteiger partial charge in [0, 0.05) is 17.7 Å². The van der Waals surface area contributed by atoms with Crippen molar-refractivity contribution in [2.45, 2.75) is 45.4 Å². The lowest BCUT2D eigenvalue weighted by molar-refractivity contribution is 0.0612. The van der Waals surface area contributed by atoms with Crippen LogP contribution in [0.2, 0.25) is 0 Å². The predicted molar refractivity (Wildman–Crippen MR) is 101 cm³/mol. The number of rotatable bonds is 9. The molecule has 0 heterocycles. The average molecular weight is 409 g/mol. The molecular weight excluding hydrogens is 386 g/mol. The Morgan fingerprint density at radius 1 is 0.690 bits per heavy atom. The summed E-state index contributed by atoms with van der Waals surface area (Å²) in [7, 11) is 0. The van der Waals surface area contributed by atoms with Crippen LogP contribution in [-0.2, 0) is 0 Å². The van der Waals surface area contributed by atoms with Crippen LogP contribution in [0.1, 0.15) is 66.2 Å². The highest BCUT2D eigenvalue weighted by atomic mass is 19.2. The number of benzene rings is 2. The van der Waals surface area contributed by atoms with Gasteiger partial charge in [0.15, 0.2) is 23.3 Å². The molecule has 0 saturated heterocycles. The van der Waals surface area contributed by atoms with Crippen LogP contribution in [0.4, 0.5) is 17.6 Å². The minimum atomic E-state index is -1.21. The Morgan fingerprint density at radius 3 is 1.59 bits per heavy atom. The van der Waals surface area contributed by atoms with E-state index in [4.69, 9.17) is 0 Å². The van der Waals surface area contributed by atoms with Gasteiger partial charge < -0.3 is 0 Å². The molecule has 2 amide bonds. The van der Waals surface area contributed by atoms with Crippen molar-refractivity contribution in [2.24, 2.45) is 0 Å². The molecule has 0 spiro atoms. The summed E-state index contributed by atoms with van der Waals surface area (Å²) in [6.45, 7) is 2.12. The molecule has 0 aliphatic carbocycles. The summed E-state index contributed by atoms with van der Waals surface area (Å²) in [5.74, 6) is -6.31. The zero-order chi connectivity index (χ0) is 21.4. The Hall–Kier alpha value is -2.70. The number of unbranched alkanes of at least 4 members (excludes halogenated alkanes) is 5. The van der Waals surface area contributed by atoms with E-state index in [0.29, 0.717) is 18.6 Å². The van der Waals surface area contributed by atoms with Crippen molar-refractivity contribution >= 4 is 11.8 Å².